The van der Waals surface area contributed by atoms with E-state index in [0.29, 0.717) is 21.5 Å². The molecule has 19 nitrogen and oxygen atoms in total. The van der Waals surface area contributed by atoms with Gasteiger partial charge in [-0.2, -0.15) is 0 Å². The molecule has 0 aliphatic carbocycles. The summed E-state index contributed by atoms with van der Waals surface area (Å²) < 4.78 is 0. The fourth-order valence-corrected chi connectivity index (χ4v) is 6.74. The first-order chi connectivity index (χ1) is 28.6. The highest BCUT2D eigenvalue weighted by Gasteiger charge is 2.39. The number of benzene rings is 2. The maximum atomic E-state index is 13.5. The van der Waals surface area contributed by atoms with Gasteiger partial charge in [0.15, 0.2) is 6.10 Å². The van der Waals surface area contributed by atoms with E-state index in [4.69, 9.17) is 11.6 Å². The number of hydrogen-bond donors (Lipinski definition) is 11. The number of rotatable bonds is 7. The highest BCUT2D eigenvalue weighted by atomic mass is 35.5. The lowest BCUT2D eigenvalue weighted by molar-refractivity contribution is -0.138. The molecule has 320 valence electrons. The van der Waals surface area contributed by atoms with Crippen LogP contribution in [0.5, 0.6) is 0 Å². The minimum atomic E-state index is -2.24. The summed E-state index contributed by atoms with van der Waals surface area (Å²) >= 11 is 6.11. The van der Waals surface area contributed by atoms with Crippen molar-refractivity contribution < 1.29 is 54.0 Å². The lowest BCUT2D eigenvalue weighted by Gasteiger charge is -2.31. The molecule has 7 atom stereocenters. The molecule has 7 unspecified atom stereocenters. The van der Waals surface area contributed by atoms with Crippen molar-refractivity contribution in [1.29, 1.82) is 0 Å². The van der Waals surface area contributed by atoms with E-state index in [1.807, 2.05) is 6.07 Å². The van der Waals surface area contributed by atoms with Gasteiger partial charge in [0.25, 0.3) is 5.91 Å². The molecule has 2 aliphatic heterocycles. The highest BCUT2D eigenvalue weighted by molar-refractivity contribution is 6.31. The minimum Gasteiger partial charge on any atom is -0.391 e. The molecule has 2 aliphatic rings. The SMILES string of the molecule is CN1CC(=O)NC(Cc2c[nH]c3cc(Cl)ccc23)C(=O)NCC(=O)NCC(O)CC(=O)NC(C(O)C(O)C/C=C/c2ccccc2)C(O)C(=O)NC2CC(=O)N/C2=C\C1=O. The Bertz CT molecular complexity index is 2140. The molecule has 11 N–H and O–H groups in total. The lowest BCUT2D eigenvalue weighted by Crippen LogP contribution is -2.60. The van der Waals surface area contributed by atoms with E-state index in [9.17, 15) is 54.0 Å². The number of aromatic amines is 1. The first kappa shape index (κ1) is 45.0. The first-order valence-corrected chi connectivity index (χ1v) is 19.3. The number of carbonyl (C=O) groups excluding carboxylic acids is 7. The molecule has 3 heterocycles. The van der Waals surface area contributed by atoms with Crippen LogP contribution in [0, 0.1) is 0 Å². The normalized spacial score (nSPS) is 25.2. The summed E-state index contributed by atoms with van der Waals surface area (Å²) in [4.78, 5) is 95.8. The Balaban J connectivity index is 1.37. The van der Waals surface area contributed by atoms with E-state index < -0.39 is 110 Å². The van der Waals surface area contributed by atoms with Crippen molar-refractivity contribution in [2.75, 3.05) is 26.7 Å². The number of nitrogens with zero attached hydrogens (tertiary/aromatic N) is 1. The fraction of sp³-hybridized carbons (Fsp3) is 0.375. The van der Waals surface area contributed by atoms with Gasteiger partial charge in [-0.3, -0.25) is 33.6 Å². The maximum Gasteiger partial charge on any atom is 0.251 e. The second-order valence-electron chi connectivity index (χ2n) is 14.5. The molecule has 60 heavy (non-hydrogen) atoms. The van der Waals surface area contributed by atoms with E-state index in [2.05, 4.69) is 36.9 Å². The van der Waals surface area contributed by atoms with Gasteiger partial charge in [0.05, 0.1) is 50.2 Å². The molecule has 1 fully saturated rings. The molecule has 2 aromatic carbocycles. The summed E-state index contributed by atoms with van der Waals surface area (Å²) in [6.45, 7) is -1.65. The van der Waals surface area contributed by atoms with Gasteiger partial charge in [-0.05, 0) is 29.7 Å². The van der Waals surface area contributed by atoms with Crippen LogP contribution in [0.1, 0.15) is 30.4 Å². The Morgan fingerprint density at radius 1 is 0.867 bits per heavy atom. The third-order valence-electron chi connectivity index (χ3n) is 9.77. The average molecular weight is 851 g/mol. The fourth-order valence-electron chi connectivity index (χ4n) is 6.57. The molecule has 5 rings (SSSR count). The van der Waals surface area contributed by atoms with Crippen molar-refractivity contribution in [3.05, 3.63) is 88.7 Å². The largest absolute Gasteiger partial charge is 0.391 e. The molecule has 1 saturated heterocycles. The van der Waals surface area contributed by atoms with E-state index in [1.165, 1.54) is 13.1 Å². The zero-order valence-corrected chi connectivity index (χ0v) is 33.1. The second-order valence-corrected chi connectivity index (χ2v) is 14.9. The molecular formula is C40H47ClN8O11. The summed E-state index contributed by atoms with van der Waals surface area (Å²) in [5.41, 5.74) is 1.98. The van der Waals surface area contributed by atoms with Crippen molar-refractivity contribution in [2.24, 2.45) is 0 Å². The highest BCUT2D eigenvalue weighted by Crippen LogP contribution is 2.23. The Labute approximate surface area is 348 Å². The van der Waals surface area contributed by atoms with E-state index in [0.717, 1.165) is 16.5 Å². The summed E-state index contributed by atoms with van der Waals surface area (Å²) in [5, 5.41) is 59.6. The van der Waals surface area contributed by atoms with Gasteiger partial charge in [0.1, 0.15) is 12.1 Å². The van der Waals surface area contributed by atoms with Crippen LogP contribution in [0.3, 0.4) is 0 Å². The van der Waals surface area contributed by atoms with Crippen LogP contribution >= 0.6 is 11.6 Å². The van der Waals surface area contributed by atoms with Crippen molar-refractivity contribution in [3.63, 3.8) is 0 Å². The third-order valence-corrected chi connectivity index (χ3v) is 10.0. The maximum absolute atomic E-state index is 13.5. The zero-order chi connectivity index (χ0) is 43.5. The monoisotopic (exact) mass is 850 g/mol. The number of nitrogens with one attached hydrogen (secondary N) is 7. The number of β-amino-alcohol motifs (C(OH)–C–C–N with tert-alkyl or cyclic N) is 1. The van der Waals surface area contributed by atoms with Gasteiger partial charge in [0.2, 0.25) is 35.4 Å². The summed E-state index contributed by atoms with van der Waals surface area (Å²) in [6.07, 6.45) is -2.87. The molecule has 0 saturated carbocycles. The molecule has 20 heteroatoms. The topological polar surface area (TPSA) is 292 Å². The second kappa shape index (κ2) is 20.7. The quantitative estimate of drug-likeness (QED) is 0.122. The van der Waals surface area contributed by atoms with Crippen LogP contribution in [0.2, 0.25) is 5.02 Å². The van der Waals surface area contributed by atoms with E-state index in [-0.39, 0.29) is 25.0 Å². The predicted molar refractivity (Wildman–Crippen MR) is 216 cm³/mol. The molecule has 3 aromatic rings. The number of aromatic nitrogens is 1. The number of fused-ring (bicyclic) bond motifs is 2. The summed E-state index contributed by atoms with van der Waals surface area (Å²) in [7, 11) is 1.28. The minimum absolute atomic E-state index is 0.0489. The standard InChI is InChI=1S/C40H47ClN8O11/c1-49-20-34(55)46-29(12-22-17-42-26-13-23(41)10-11-25(22)26)39(59)44-19-33(54)43-18-24(50)14-31(52)48-36(37(57)30(51)9-5-8-21-6-3-2-4-7-21)38(58)40(60)47-27-15-32(53)45-28(27)16-35(49)56/h2-8,10-11,13,16-17,24,27,29-30,36-38,42,50-51,57-58H,9,12,14-15,18-20H2,1H3,(H,43,54)(H,44,59)(H,45,53)(H,46,55)(H,47,60)(H,48,52)/b8-5+,28-16-. The predicted octanol–water partition coefficient (Wildman–Crippen LogP) is -2.14. The number of likely N-dealkylation sites (N-methyl/N-ethyl adjacent to an activating group) is 1. The number of hydrogen-bond acceptors (Lipinski definition) is 11. The van der Waals surface area contributed by atoms with Crippen LogP contribution in [-0.4, -0.2) is 141 Å². The molecule has 0 radical (unpaired) electrons. The van der Waals surface area contributed by atoms with Gasteiger partial charge in [0, 0.05) is 53.9 Å². The van der Waals surface area contributed by atoms with Gasteiger partial charge in [-0.1, -0.05) is 60.2 Å². The number of halogens is 1. The smallest absolute Gasteiger partial charge is 0.251 e. The molecule has 0 bridgehead atoms. The van der Waals surface area contributed by atoms with Crippen LogP contribution in [0.4, 0.5) is 0 Å². The summed E-state index contributed by atoms with van der Waals surface area (Å²) in [6, 6.07) is 9.74. The number of aliphatic hydroxyl groups is 4. The molecular weight excluding hydrogens is 804 g/mol. The third kappa shape index (κ3) is 12.4. The molecule has 1 aromatic heterocycles. The van der Waals surface area contributed by atoms with Crippen molar-refractivity contribution >= 4 is 69.9 Å². The molecule has 7 amide bonds. The van der Waals surface area contributed by atoms with Gasteiger partial charge in [-0.15, -0.1) is 0 Å². The Kier molecular flexibility index (Phi) is 15.5. The van der Waals surface area contributed by atoms with Crippen LogP contribution in [0.25, 0.3) is 17.0 Å². The van der Waals surface area contributed by atoms with Crippen LogP contribution in [0.15, 0.2) is 72.6 Å². The first-order valence-electron chi connectivity index (χ1n) is 19.0. The van der Waals surface area contributed by atoms with Crippen molar-refractivity contribution in [2.45, 2.75) is 68.2 Å². The Hall–Kier alpha value is -6.12. The van der Waals surface area contributed by atoms with Crippen LogP contribution < -0.4 is 31.9 Å². The Morgan fingerprint density at radius 3 is 2.37 bits per heavy atom. The number of aliphatic hydroxyl groups excluding tert-OH is 4. The zero-order valence-electron chi connectivity index (χ0n) is 32.4. The number of H-pyrrole nitrogens is 1. The van der Waals surface area contributed by atoms with Crippen molar-refractivity contribution in [3.8, 4) is 0 Å². The van der Waals surface area contributed by atoms with E-state index >= 15 is 0 Å². The molecule has 0 spiro atoms. The lowest BCUT2D eigenvalue weighted by atomic mass is 9.96. The van der Waals surface area contributed by atoms with Crippen LogP contribution in [-0.2, 0) is 40.0 Å². The number of carbonyl (C=O) groups is 7. The van der Waals surface area contributed by atoms with Gasteiger partial charge >= 0.3 is 0 Å². The summed E-state index contributed by atoms with van der Waals surface area (Å²) in [5.74, 6) is -5.88. The number of amides is 7. The van der Waals surface area contributed by atoms with Gasteiger partial charge in [-0.25, -0.2) is 0 Å². The Morgan fingerprint density at radius 2 is 1.62 bits per heavy atom. The van der Waals surface area contributed by atoms with Gasteiger partial charge < -0.3 is 62.2 Å². The van der Waals surface area contributed by atoms with E-state index in [1.54, 1.807) is 54.7 Å². The average Bonchev–Trinajstić information content (AvgIpc) is 3.77. The van der Waals surface area contributed by atoms with Crippen molar-refractivity contribution in [1.82, 2.24) is 41.8 Å².